The molecule has 0 radical (unpaired) electrons. The number of carbonyl (C=O) groups excluding carboxylic acids is 1. The highest BCUT2D eigenvalue weighted by Gasteiger charge is 2.36. The van der Waals surface area contributed by atoms with Gasteiger partial charge in [-0.05, 0) is 59.3 Å². The molecule has 1 amide bonds. The van der Waals surface area contributed by atoms with E-state index in [0.29, 0.717) is 32.3 Å². The van der Waals surface area contributed by atoms with Crippen LogP contribution < -0.4 is 4.74 Å². The van der Waals surface area contributed by atoms with Gasteiger partial charge in [-0.3, -0.25) is 4.79 Å². The first-order chi connectivity index (χ1) is 16.5. The summed E-state index contributed by atoms with van der Waals surface area (Å²) in [5, 5.41) is 8.58. The van der Waals surface area contributed by atoms with Gasteiger partial charge >= 0.3 is 0 Å². The number of hydrazone groups is 1. The van der Waals surface area contributed by atoms with Crippen LogP contribution in [0.4, 0.5) is 0 Å². The molecule has 8 heteroatoms. The second-order valence-corrected chi connectivity index (χ2v) is 9.60. The largest absolute Gasteiger partial charge is 0.496 e. The Morgan fingerprint density at radius 2 is 1.68 bits per heavy atom. The Labute approximate surface area is 211 Å². The van der Waals surface area contributed by atoms with E-state index in [9.17, 15) is 4.79 Å². The van der Waals surface area contributed by atoms with Crippen LogP contribution in [-0.4, -0.2) is 28.9 Å². The third-order valence-corrected chi connectivity index (χ3v) is 7.05. The highest BCUT2D eigenvalue weighted by Crippen LogP contribution is 2.40. The van der Waals surface area contributed by atoms with Gasteiger partial charge in [-0.15, -0.1) is 0 Å². The fourth-order valence-corrected chi connectivity index (χ4v) is 5.03. The number of nitrogens with zero attached hydrogens (tertiary/aromatic N) is 3. The van der Waals surface area contributed by atoms with Crippen LogP contribution in [0, 0.1) is 0 Å². The number of benzene rings is 3. The first-order valence-corrected chi connectivity index (χ1v) is 12.1. The molecule has 0 N–H and O–H groups in total. The summed E-state index contributed by atoms with van der Waals surface area (Å²) >= 11 is 13.5. The minimum Gasteiger partial charge on any atom is -0.496 e. The highest BCUT2D eigenvalue weighted by atomic mass is 35.5. The predicted molar refractivity (Wildman–Crippen MR) is 140 cm³/mol. The number of thioether (sulfide) groups is 1. The topological polar surface area (TPSA) is 54.3 Å². The van der Waals surface area contributed by atoms with Crippen molar-refractivity contribution in [3.05, 3.63) is 104 Å². The third kappa shape index (κ3) is 4.62. The summed E-state index contributed by atoms with van der Waals surface area (Å²) in [5.74, 6) is 0.399. The Hall–Kier alpha value is -3.06. The summed E-state index contributed by atoms with van der Waals surface area (Å²) in [6.45, 7) is 0. The minimum atomic E-state index is -0.295. The lowest BCUT2D eigenvalue weighted by molar-refractivity contribution is -0.113. The molecule has 5 nitrogen and oxygen atoms in total. The average Bonchev–Trinajstić information content (AvgIpc) is 3.44. The van der Waals surface area contributed by atoms with Gasteiger partial charge in [0.15, 0.2) is 5.17 Å². The minimum absolute atomic E-state index is 0.118. The van der Waals surface area contributed by atoms with E-state index in [1.807, 2.05) is 77.8 Å². The highest BCUT2D eigenvalue weighted by molar-refractivity contribution is 8.18. The number of rotatable bonds is 4. The van der Waals surface area contributed by atoms with Gasteiger partial charge in [0, 0.05) is 22.0 Å². The zero-order valence-corrected chi connectivity index (χ0v) is 20.4. The maximum atomic E-state index is 12.8. The third-order valence-electron chi connectivity index (χ3n) is 5.57. The van der Waals surface area contributed by atoms with Crippen LogP contribution in [0.2, 0.25) is 10.0 Å². The number of amides is 1. The summed E-state index contributed by atoms with van der Waals surface area (Å²) in [6.07, 6.45) is 2.46. The standard InChI is InChI=1S/C26H19Cl2N3O2S/c1-33-23-5-3-2-4-18(23)14-24-25(32)29-26(34-24)31-22(17-8-12-20(28)13-9-17)15-21(30-31)16-6-10-19(27)11-7-16/h2-14,22H,15H2,1H3. The van der Waals surface area contributed by atoms with Gasteiger partial charge in [-0.1, -0.05) is 65.7 Å². The lowest BCUT2D eigenvalue weighted by Gasteiger charge is -2.22. The number of ether oxygens (including phenoxy) is 1. The summed E-state index contributed by atoms with van der Waals surface area (Å²) < 4.78 is 5.42. The zero-order chi connectivity index (χ0) is 23.7. The van der Waals surface area contributed by atoms with E-state index in [1.54, 1.807) is 13.2 Å². The summed E-state index contributed by atoms with van der Waals surface area (Å²) in [5.41, 5.74) is 3.73. The summed E-state index contributed by atoms with van der Waals surface area (Å²) in [6, 6.07) is 22.7. The number of amidine groups is 1. The van der Waals surface area contributed by atoms with Crippen molar-refractivity contribution in [1.82, 2.24) is 5.01 Å². The molecule has 170 valence electrons. The van der Waals surface area contributed by atoms with Gasteiger partial charge in [0.1, 0.15) is 5.75 Å². The molecule has 2 aliphatic rings. The van der Waals surface area contributed by atoms with Gasteiger partial charge in [0.05, 0.1) is 23.8 Å². The van der Waals surface area contributed by atoms with Crippen LogP contribution in [0.25, 0.3) is 6.08 Å². The SMILES string of the molecule is COc1ccccc1C=C1SC(N2N=C(c3ccc(Cl)cc3)CC2c2ccc(Cl)cc2)=NC1=O. The second-order valence-electron chi connectivity index (χ2n) is 7.72. The zero-order valence-electron chi connectivity index (χ0n) is 18.1. The maximum absolute atomic E-state index is 12.8. The van der Waals surface area contributed by atoms with Gasteiger partial charge in [0.2, 0.25) is 0 Å². The van der Waals surface area contributed by atoms with Crippen molar-refractivity contribution < 1.29 is 9.53 Å². The number of para-hydroxylation sites is 1. The smallest absolute Gasteiger partial charge is 0.286 e. The number of aliphatic imine (C=N–C) groups is 1. The average molecular weight is 508 g/mol. The molecular weight excluding hydrogens is 489 g/mol. The molecule has 0 bridgehead atoms. The molecule has 2 heterocycles. The lowest BCUT2D eigenvalue weighted by Crippen LogP contribution is -2.23. The number of hydrogen-bond donors (Lipinski definition) is 0. The van der Waals surface area contributed by atoms with E-state index >= 15 is 0 Å². The molecule has 0 saturated carbocycles. The van der Waals surface area contributed by atoms with Crippen LogP contribution in [0.15, 0.2) is 87.8 Å². The number of hydrogen-bond acceptors (Lipinski definition) is 5. The molecule has 0 aromatic heterocycles. The molecule has 1 atom stereocenters. The maximum Gasteiger partial charge on any atom is 0.286 e. The molecule has 1 unspecified atom stereocenters. The van der Waals surface area contributed by atoms with Crippen LogP contribution in [-0.2, 0) is 4.79 Å². The number of methoxy groups -OCH3 is 1. The fourth-order valence-electron chi connectivity index (χ4n) is 3.87. The number of halogens is 2. The predicted octanol–water partition coefficient (Wildman–Crippen LogP) is 6.82. The Morgan fingerprint density at radius 1 is 1.00 bits per heavy atom. The summed E-state index contributed by atoms with van der Waals surface area (Å²) in [4.78, 5) is 17.7. The van der Waals surface area contributed by atoms with Crippen molar-refractivity contribution in [1.29, 1.82) is 0 Å². The van der Waals surface area contributed by atoms with Gasteiger partial charge < -0.3 is 4.74 Å². The first kappa shape index (κ1) is 22.7. The monoisotopic (exact) mass is 507 g/mol. The first-order valence-electron chi connectivity index (χ1n) is 10.6. The van der Waals surface area contributed by atoms with Crippen LogP contribution in [0.3, 0.4) is 0 Å². The van der Waals surface area contributed by atoms with Crippen LogP contribution >= 0.6 is 35.0 Å². The van der Waals surface area contributed by atoms with Gasteiger partial charge in [-0.2, -0.15) is 10.1 Å². The lowest BCUT2D eigenvalue weighted by atomic mass is 9.99. The van der Waals surface area contributed by atoms with E-state index in [0.717, 1.165) is 22.4 Å². The van der Waals surface area contributed by atoms with Crippen molar-refractivity contribution in [3.8, 4) is 5.75 Å². The molecule has 0 aliphatic carbocycles. The van der Waals surface area contributed by atoms with E-state index in [-0.39, 0.29) is 11.9 Å². The van der Waals surface area contributed by atoms with Crippen LogP contribution in [0.5, 0.6) is 5.75 Å². The molecule has 0 spiro atoms. The van der Waals surface area contributed by atoms with E-state index in [4.69, 9.17) is 33.0 Å². The van der Waals surface area contributed by atoms with Crippen molar-refractivity contribution in [2.75, 3.05) is 7.11 Å². The van der Waals surface area contributed by atoms with Crippen molar-refractivity contribution in [2.45, 2.75) is 12.5 Å². The van der Waals surface area contributed by atoms with Gasteiger partial charge in [0.25, 0.3) is 5.91 Å². The van der Waals surface area contributed by atoms with Crippen LogP contribution in [0.1, 0.15) is 29.2 Å². The molecule has 3 aromatic carbocycles. The van der Waals surface area contributed by atoms with Crippen molar-refractivity contribution in [3.63, 3.8) is 0 Å². The number of carbonyl (C=O) groups is 1. The molecule has 0 fully saturated rings. The van der Waals surface area contributed by atoms with Gasteiger partial charge in [-0.25, -0.2) is 5.01 Å². The van der Waals surface area contributed by atoms with Crippen molar-refractivity contribution >= 4 is 57.8 Å². The summed E-state index contributed by atoms with van der Waals surface area (Å²) in [7, 11) is 1.61. The Balaban J connectivity index is 1.49. The second kappa shape index (κ2) is 9.66. The molecule has 5 rings (SSSR count). The fraction of sp³-hybridized carbons (Fsp3) is 0.115. The molecule has 3 aromatic rings. The van der Waals surface area contributed by atoms with E-state index in [1.165, 1.54) is 11.8 Å². The quantitative estimate of drug-likeness (QED) is 0.363. The van der Waals surface area contributed by atoms with E-state index in [2.05, 4.69) is 4.99 Å². The molecule has 0 saturated heterocycles. The molecular formula is C26H19Cl2N3O2S. The normalized spacial score (nSPS) is 18.9. The molecule has 34 heavy (non-hydrogen) atoms. The Morgan fingerprint density at radius 3 is 2.38 bits per heavy atom. The van der Waals surface area contributed by atoms with E-state index < -0.39 is 0 Å². The Bertz CT molecular complexity index is 1330. The molecule has 2 aliphatic heterocycles. The Kier molecular flexibility index (Phi) is 6.46. The van der Waals surface area contributed by atoms with Crippen molar-refractivity contribution in [2.24, 2.45) is 10.1 Å².